The van der Waals surface area contributed by atoms with E-state index in [1.54, 1.807) is 0 Å². The molecule has 0 aromatic heterocycles. The number of benzene rings is 1. The van der Waals surface area contributed by atoms with E-state index in [4.69, 9.17) is 0 Å². The summed E-state index contributed by atoms with van der Waals surface area (Å²) >= 11 is 0. The van der Waals surface area contributed by atoms with Crippen LogP contribution in [0, 0.1) is 19.3 Å². The number of nitrogens with one attached hydrogen (secondary N) is 1. The third kappa shape index (κ3) is 5.33. The SMILES string of the molecule is CNC(CN(C)CC(C)(C)C)c1ccc(C)cc1C. The van der Waals surface area contributed by atoms with Crippen molar-refractivity contribution in [3.63, 3.8) is 0 Å². The van der Waals surface area contributed by atoms with Crippen LogP contribution < -0.4 is 5.32 Å². The molecule has 2 nitrogen and oxygen atoms in total. The Balaban J connectivity index is 2.78. The number of hydrogen-bond acceptors (Lipinski definition) is 2. The zero-order valence-electron chi connectivity index (χ0n) is 13.7. The first-order valence-electron chi connectivity index (χ1n) is 7.16. The minimum absolute atomic E-state index is 0.343. The molecule has 0 radical (unpaired) electrons. The van der Waals surface area contributed by atoms with Crippen molar-refractivity contribution in [3.8, 4) is 0 Å². The van der Waals surface area contributed by atoms with E-state index < -0.39 is 0 Å². The van der Waals surface area contributed by atoms with Crippen LogP contribution in [0.3, 0.4) is 0 Å². The molecule has 0 aliphatic carbocycles. The normalized spacial score (nSPS) is 13.9. The van der Waals surface area contributed by atoms with Crippen LogP contribution in [0.2, 0.25) is 0 Å². The van der Waals surface area contributed by atoms with E-state index in [0.29, 0.717) is 11.5 Å². The summed E-state index contributed by atoms with van der Waals surface area (Å²) in [6, 6.07) is 7.13. The zero-order chi connectivity index (χ0) is 14.6. The number of likely N-dealkylation sites (N-methyl/N-ethyl adjacent to an activating group) is 2. The molecule has 1 unspecified atom stereocenters. The van der Waals surface area contributed by atoms with Gasteiger partial charge in [-0.15, -0.1) is 0 Å². The van der Waals surface area contributed by atoms with Gasteiger partial charge in [-0.1, -0.05) is 44.5 Å². The van der Waals surface area contributed by atoms with Crippen molar-refractivity contribution < 1.29 is 0 Å². The molecule has 0 heterocycles. The van der Waals surface area contributed by atoms with E-state index in [1.807, 2.05) is 0 Å². The van der Waals surface area contributed by atoms with Gasteiger partial charge >= 0.3 is 0 Å². The second-order valence-corrected chi connectivity index (χ2v) is 6.96. The monoisotopic (exact) mass is 262 g/mol. The smallest absolute Gasteiger partial charge is 0.0449 e. The minimum atomic E-state index is 0.343. The minimum Gasteiger partial charge on any atom is -0.312 e. The van der Waals surface area contributed by atoms with Crippen LogP contribution in [-0.4, -0.2) is 32.1 Å². The van der Waals surface area contributed by atoms with Crippen LogP contribution >= 0.6 is 0 Å². The van der Waals surface area contributed by atoms with Gasteiger partial charge in [0.25, 0.3) is 0 Å². The van der Waals surface area contributed by atoms with Crippen LogP contribution in [0.4, 0.5) is 0 Å². The molecule has 0 amide bonds. The van der Waals surface area contributed by atoms with E-state index in [1.165, 1.54) is 16.7 Å². The van der Waals surface area contributed by atoms with Crippen LogP contribution in [0.5, 0.6) is 0 Å². The highest BCUT2D eigenvalue weighted by Crippen LogP contribution is 2.21. The first kappa shape index (κ1) is 16.2. The van der Waals surface area contributed by atoms with E-state index in [-0.39, 0.29) is 0 Å². The second kappa shape index (κ2) is 6.53. The van der Waals surface area contributed by atoms with Crippen molar-refractivity contribution in [2.24, 2.45) is 5.41 Å². The Morgan fingerprint density at radius 2 is 1.84 bits per heavy atom. The number of rotatable bonds is 5. The molecule has 1 N–H and O–H groups in total. The summed E-state index contributed by atoms with van der Waals surface area (Å²) in [5.74, 6) is 0. The molecule has 1 aromatic rings. The molecule has 0 bridgehead atoms. The summed E-state index contributed by atoms with van der Waals surface area (Å²) in [5.41, 5.74) is 4.46. The predicted octanol–water partition coefficient (Wildman–Crippen LogP) is 3.54. The lowest BCUT2D eigenvalue weighted by Gasteiger charge is -2.30. The van der Waals surface area contributed by atoms with Crippen LogP contribution in [0.25, 0.3) is 0 Å². The summed E-state index contributed by atoms with van der Waals surface area (Å²) in [5, 5.41) is 3.45. The number of hydrogen-bond donors (Lipinski definition) is 1. The number of aryl methyl sites for hydroxylation is 2. The maximum Gasteiger partial charge on any atom is 0.0449 e. The van der Waals surface area contributed by atoms with Crippen molar-refractivity contribution in [3.05, 3.63) is 34.9 Å². The van der Waals surface area contributed by atoms with Gasteiger partial charge in [-0.25, -0.2) is 0 Å². The quantitative estimate of drug-likeness (QED) is 0.873. The van der Waals surface area contributed by atoms with Crippen molar-refractivity contribution in [1.82, 2.24) is 10.2 Å². The van der Waals surface area contributed by atoms with Gasteiger partial charge in [0.2, 0.25) is 0 Å². The predicted molar refractivity (Wildman–Crippen MR) is 84.7 cm³/mol. The Hall–Kier alpha value is -0.860. The average molecular weight is 262 g/mol. The van der Waals surface area contributed by atoms with Crippen molar-refractivity contribution in [1.29, 1.82) is 0 Å². The molecule has 0 spiro atoms. The lowest BCUT2D eigenvalue weighted by atomic mass is 9.95. The summed E-state index contributed by atoms with van der Waals surface area (Å²) in [6.45, 7) is 13.4. The molecular weight excluding hydrogens is 232 g/mol. The summed E-state index contributed by atoms with van der Waals surface area (Å²) < 4.78 is 0. The van der Waals surface area contributed by atoms with Gasteiger partial charge in [0.15, 0.2) is 0 Å². The molecule has 19 heavy (non-hydrogen) atoms. The largest absolute Gasteiger partial charge is 0.312 e. The lowest BCUT2D eigenvalue weighted by Crippen LogP contribution is -2.36. The Morgan fingerprint density at radius 3 is 2.32 bits per heavy atom. The molecule has 1 aromatic carbocycles. The maximum absolute atomic E-state index is 3.45. The fraction of sp³-hybridized carbons (Fsp3) is 0.647. The van der Waals surface area contributed by atoms with E-state index in [0.717, 1.165) is 13.1 Å². The van der Waals surface area contributed by atoms with Crippen molar-refractivity contribution in [2.45, 2.75) is 40.7 Å². The van der Waals surface area contributed by atoms with E-state index in [2.05, 4.69) is 77.1 Å². The standard InChI is InChI=1S/C17H30N2/c1-13-8-9-15(14(2)10-13)16(18-6)11-19(7)12-17(3,4)5/h8-10,16,18H,11-12H2,1-7H3. The number of nitrogens with zero attached hydrogens (tertiary/aromatic N) is 1. The molecule has 0 saturated carbocycles. The molecule has 1 atom stereocenters. The first-order chi connectivity index (χ1) is 8.73. The molecule has 2 heteroatoms. The van der Waals surface area contributed by atoms with Crippen LogP contribution in [0.15, 0.2) is 18.2 Å². The first-order valence-corrected chi connectivity index (χ1v) is 7.16. The van der Waals surface area contributed by atoms with Gasteiger partial charge < -0.3 is 10.2 Å². The van der Waals surface area contributed by atoms with Crippen molar-refractivity contribution in [2.75, 3.05) is 27.2 Å². The average Bonchev–Trinajstić information content (AvgIpc) is 2.24. The third-order valence-electron chi connectivity index (χ3n) is 3.39. The molecule has 0 saturated heterocycles. The van der Waals surface area contributed by atoms with Gasteiger partial charge in [0.1, 0.15) is 0 Å². The summed E-state index contributed by atoms with van der Waals surface area (Å²) in [7, 11) is 4.26. The van der Waals surface area contributed by atoms with Crippen LogP contribution in [-0.2, 0) is 0 Å². The topological polar surface area (TPSA) is 15.3 Å². The highest BCUT2D eigenvalue weighted by atomic mass is 15.1. The highest BCUT2D eigenvalue weighted by molar-refractivity contribution is 5.33. The summed E-state index contributed by atoms with van der Waals surface area (Å²) in [6.07, 6.45) is 0. The molecule has 1 rings (SSSR count). The fourth-order valence-electron chi connectivity index (χ4n) is 2.75. The van der Waals surface area contributed by atoms with Crippen molar-refractivity contribution >= 4 is 0 Å². The van der Waals surface area contributed by atoms with E-state index >= 15 is 0 Å². The maximum atomic E-state index is 3.45. The van der Waals surface area contributed by atoms with Gasteiger partial charge in [-0.2, -0.15) is 0 Å². The second-order valence-electron chi connectivity index (χ2n) is 6.96. The van der Waals surface area contributed by atoms with Gasteiger partial charge in [0, 0.05) is 19.1 Å². The van der Waals surface area contributed by atoms with Gasteiger partial charge in [-0.05, 0) is 44.5 Å². The lowest BCUT2D eigenvalue weighted by molar-refractivity contribution is 0.210. The zero-order valence-corrected chi connectivity index (χ0v) is 13.7. The Kier molecular flexibility index (Phi) is 5.57. The Bertz CT molecular complexity index is 404. The molecule has 0 aliphatic rings. The van der Waals surface area contributed by atoms with Gasteiger partial charge in [0.05, 0.1) is 0 Å². The molecule has 0 fully saturated rings. The molecule has 0 aliphatic heterocycles. The Labute approximate surface area is 119 Å². The summed E-state index contributed by atoms with van der Waals surface area (Å²) in [4.78, 5) is 2.42. The van der Waals surface area contributed by atoms with Gasteiger partial charge in [-0.3, -0.25) is 0 Å². The van der Waals surface area contributed by atoms with E-state index in [9.17, 15) is 0 Å². The van der Waals surface area contributed by atoms with Crippen LogP contribution in [0.1, 0.15) is 43.5 Å². The Morgan fingerprint density at radius 1 is 1.21 bits per heavy atom. The fourth-order valence-corrected chi connectivity index (χ4v) is 2.75. The highest BCUT2D eigenvalue weighted by Gasteiger charge is 2.18. The molecular formula is C17H30N2. The third-order valence-corrected chi connectivity index (χ3v) is 3.39. The molecule has 108 valence electrons.